The van der Waals surface area contributed by atoms with Gasteiger partial charge in [-0.3, -0.25) is 14.6 Å². The van der Waals surface area contributed by atoms with Crippen LogP contribution >= 0.6 is 11.3 Å². The molecule has 3 heterocycles. The molecule has 1 aromatic heterocycles. The molecular weight excluding hydrogens is 406 g/mol. The van der Waals surface area contributed by atoms with Crippen molar-refractivity contribution in [1.82, 2.24) is 9.62 Å². The number of likely N-dealkylation sites (tertiary alicyclic amines) is 1. The molecule has 8 heteroatoms. The van der Waals surface area contributed by atoms with Crippen LogP contribution in [0.25, 0.3) is 10.8 Å². The number of nitrogens with one attached hydrogen (secondary N) is 1. The Bertz CT molecular complexity index is 1160. The zero-order valence-corrected chi connectivity index (χ0v) is 17.4. The predicted octanol–water partition coefficient (Wildman–Crippen LogP) is 3.26. The minimum Gasteiger partial charge on any atom is -0.294 e. The van der Waals surface area contributed by atoms with E-state index in [1.54, 1.807) is 17.5 Å². The second kappa shape index (κ2) is 7.21. The predicted molar refractivity (Wildman–Crippen MR) is 115 cm³/mol. The van der Waals surface area contributed by atoms with E-state index >= 15 is 0 Å². The fraction of sp³-hybridized carbons (Fsp3) is 0.286. The van der Waals surface area contributed by atoms with Gasteiger partial charge in [-0.15, -0.1) is 11.3 Å². The first-order valence-electron chi connectivity index (χ1n) is 9.65. The van der Waals surface area contributed by atoms with Crippen LogP contribution in [0.15, 0.2) is 58.1 Å². The van der Waals surface area contributed by atoms with Crippen LogP contribution in [0.2, 0.25) is 0 Å². The first-order chi connectivity index (χ1) is 14.0. The molecule has 0 saturated carbocycles. The van der Waals surface area contributed by atoms with E-state index < -0.39 is 10.0 Å². The molecule has 0 radical (unpaired) electrons. The molecule has 2 aromatic carbocycles. The molecule has 150 valence electrons. The van der Waals surface area contributed by atoms with Gasteiger partial charge in [0.2, 0.25) is 10.0 Å². The fourth-order valence-corrected chi connectivity index (χ4v) is 6.52. The van der Waals surface area contributed by atoms with Crippen molar-refractivity contribution in [2.45, 2.75) is 23.1 Å². The molecule has 1 amide bonds. The minimum atomic E-state index is -3.44. The van der Waals surface area contributed by atoms with Gasteiger partial charge in [0, 0.05) is 30.1 Å². The second-order valence-corrected chi connectivity index (χ2v) is 10.4. The van der Waals surface area contributed by atoms with Crippen molar-refractivity contribution < 1.29 is 13.2 Å². The van der Waals surface area contributed by atoms with Gasteiger partial charge in [0.15, 0.2) is 0 Å². The summed E-state index contributed by atoms with van der Waals surface area (Å²) in [5.41, 5.74) is 1.72. The molecule has 1 fully saturated rings. The third-order valence-electron chi connectivity index (χ3n) is 5.66. The normalized spacial score (nSPS) is 18.1. The van der Waals surface area contributed by atoms with Crippen LogP contribution < -0.4 is 9.62 Å². The van der Waals surface area contributed by atoms with E-state index in [4.69, 9.17) is 0 Å². The maximum absolute atomic E-state index is 12.9. The Morgan fingerprint density at radius 1 is 1.03 bits per heavy atom. The number of nitrogens with zero attached hydrogens (tertiary/aromatic N) is 2. The number of hydrogen-bond donors (Lipinski definition) is 1. The smallest absolute Gasteiger partial charge is 0.260 e. The summed E-state index contributed by atoms with van der Waals surface area (Å²) in [6.07, 6.45) is 1.45. The molecule has 2 aliphatic heterocycles. The van der Waals surface area contributed by atoms with Crippen molar-refractivity contribution in [3.8, 4) is 0 Å². The first-order valence-corrected chi connectivity index (χ1v) is 12.0. The molecule has 0 unspecified atom stereocenters. The average Bonchev–Trinajstić information content (AvgIpc) is 3.35. The van der Waals surface area contributed by atoms with Crippen molar-refractivity contribution in [1.29, 1.82) is 0 Å². The SMILES string of the molecule is O=C1c2cccc3cccc(c23)N1CN1CCC(NS(=O)(=O)c2cccs2)CC1. The number of hydrogen-bond acceptors (Lipinski definition) is 5. The Morgan fingerprint density at radius 3 is 2.52 bits per heavy atom. The lowest BCUT2D eigenvalue weighted by molar-refractivity contribution is 0.0966. The molecule has 0 spiro atoms. The summed E-state index contributed by atoms with van der Waals surface area (Å²) >= 11 is 1.23. The molecule has 6 nitrogen and oxygen atoms in total. The lowest BCUT2D eigenvalue weighted by Crippen LogP contribution is -2.48. The van der Waals surface area contributed by atoms with Gasteiger partial charge in [0.25, 0.3) is 5.91 Å². The maximum Gasteiger partial charge on any atom is 0.260 e. The van der Waals surface area contributed by atoms with Gasteiger partial charge in [-0.25, -0.2) is 13.1 Å². The number of thiophene rings is 1. The summed E-state index contributed by atoms with van der Waals surface area (Å²) in [7, 11) is -3.44. The zero-order valence-electron chi connectivity index (χ0n) is 15.7. The highest BCUT2D eigenvalue weighted by atomic mass is 32.2. The molecule has 5 rings (SSSR count). The monoisotopic (exact) mass is 427 g/mol. The van der Waals surface area contributed by atoms with Gasteiger partial charge >= 0.3 is 0 Å². The molecule has 29 heavy (non-hydrogen) atoms. The van der Waals surface area contributed by atoms with E-state index in [9.17, 15) is 13.2 Å². The van der Waals surface area contributed by atoms with E-state index in [2.05, 4.69) is 9.62 Å². The number of piperidine rings is 1. The molecule has 0 aliphatic carbocycles. The molecule has 1 saturated heterocycles. The summed E-state index contributed by atoms with van der Waals surface area (Å²) in [4.78, 5) is 17.0. The van der Waals surface area contributed by atoms with Gasteiger partial charge in [-0.05, 0) is 41.8 Å². The maximum atomic E-state index is 12.9. The van der Waals surface area contributed by atoms with Gasteiger partial charge in [-0.2, -0.15) is 0 Å². The van der Waals surface area contributed by atoms with E-state index in [0.29, 0.717) is 10.9 Å². The quantitative estimate of drug-likeness (QED) is 0.679. The highest BCUT2D eigenvalue weighted by molar-refractivity contribution is 7.91. The largest absolute Gasteiger partial charge is 0.294 e. The number of anilines is 1. The highest BCUT2D eigenvalue weighted by Crippen LogP contribution is 2.37. The molecule has 0 bridgehead atoms. The van der Waals surface area contributed by atoms with Crippen LogP contribution in [0.5, 0.6) is 0 Å². The van der Waals surface area contributed by atoms with Crippen LogP contribution in [0.3, 0.4) is 0 Å². The fourth-order valence-electron chi connectivity index (χ4n) is 4.21. The number of carbonyl (C=O) groups is 1. The van der Waals surface area contributed by atoms with Crippen LogP contribution in [0, 0.1) is 0 Å². The van der Waals surface area contributed by atoms with Crippen molar-refractivity contribution in [3.05, 3.63) is 59.5 Å². The highest BCUT2D eigenvalue weighted by Gasteiger charge is 2.32. The molecule has 3 aromatic rings. The minimum absolute atomic E-state index is 0.0392. The van der Waals surface area contributed by atoms with Crippen LogP contribution in [0.4, 0.5) is 5.69 Å². The number of amides is 1. The summed E-state index contributed by atoms with van der Waals surface area (Å²) in [5.74, 6) is 0.0392. The molecule has 0 atom stereocenters. The Hall–Kier alpha value is -2.26. The lowest BCUT2D eigenvalue weighted by atomic mass is 10.1. The van der Waals surface area contributed by atoms with Crippen molar-refractivity contribution >= 4 is 43.7 Å². The summed E-state index contributed by atoms with van der Waals surface area (Å²) < 4.78 is 28.0. The Labute approximate surface area is 173 Å². The van der Waals surface area contributed by atoms with Crippen molar-refractivity contribution in [2.75, 3.05) is 24.7 Å². The number of sulfonamides is 1. The third kappa shape index (κ3) is 3.36. The molecular formula is C21H21N3O3S2. The van der Waals surface area contributed by atoms with Crippen LogP contribution in [-0.2, 0) is 10.0 Å². The Balaban J connectivity index is 1.25. The van der Waals surface area contributed by atoms with Gasteiger partial charge in [-0.1, -0.05) is 30.3 Å². The standard InChI is InChI=1S/C21H21N3O3S2/c25-21-17-6-1-4-15-5-2-7-18(20(15)17)24(21)14-23-11-9-16(10-12-23)22-29(26,27)19-8-3-13-28-19/h1-8,13,16,22H,9-12,14H2. The summed E-state index contributed by atoms with van der Waals surface area (Å²) in [6.45, 7) is 2.01. The summed E-state index contributed by atoms with van der Waals surface area (Å²) in [6, 6.07) is 15.2. The van der Waals surface area contributed by atoms with Gasteiger partial charge in [0.05, 0.1) is 12.4 Å². The van der Waals surface area contributed by atoms with E-state index in [0.717, 1.165) is 48.0 Å². The number of rotatable bonds is 5. The molecule has 1 N–H and O–H groups in total. The number of carbonyl (C=O) groups excluding carboxylic acids is 1. The first kappa shape index (κ1) is 18.7. The Morgan fingerprint density at radius 2 is 1.79 bits per heavy atom. The van der Waals surface area contributed by atoms with E-state index in [1.807, 2.05) is 41.3 Å². The van der Waals surface area contributed by atoms with E-state index in [1.165, 1.54) is 11.3 Å². The van der Waals surface area contributed by atoms with E-state index in [-0.39, 0.29) is 11.9 Å². The molecule has 2 aliphatic rings. The van der Waals surface area contributed by atoms with Gasteiger partial charge < -0.3 is 0 Å². The number of benzene rings is 2. The topological polar surface area (TPSA) is 69.7 Å². The third-order valence-corrected chi connectivity index (χ3v) is 8.58. The zero-order chi connectivity index (χ0) is 20.0. The van der Waals surface area contributed by atoms with Crippen molar-refractivity contribution in [2.24, 2.45) is 0 Å². The average molecular weight is 428 g/mol. The van der Waals surface area contributed by atoms with Gasteiger partial charge in [0.1, 0.15) is 4.21 Å². The van der Waals surface area contributed by atoms with Crippen LogP contribution in [-0.4, -0.2) is 45.0 Å². The van der Waals surface area contributed by atoms with Crippen LogP contribution in [0.1, 0.15) is 23.2 Å². The second-order valence-electron chi connectivity index (χ2n) is 7.50. The lowest BCUT2D eigenvalue weighted by Gasteiger charge is -2.34. The summed E-state index contributed by atoms with van der Waals surface area (Å²) in [5, 5.41) is 3.87. The van der Waals surface area contributed by atoms with Crippen molar-refractivity contribution in [3.63, 3.8) is 0 Å². The Kier molecular flexibility index (Phi) is 4.66.